The summed E-state index contributed by atoms with van der Waals surface area (Å²) in [6.07, 6.45) is 4.09. The van der Waals surface area contributed by atoms with Gasteiger partial charge in [0.05, 0.1) is 12.0 Å². The molecule has 24 heavy (non-hydrogen) atoms. The van der Waals surface area contributed by atoms with Gasteiger partial charge in [-0.05, 0) is 18.9 Å². The molecule has 1 amide bonds. The first-order chi connectivity index (χ1) is 11.4. The lowest BCUT2D eigenvalue weighted by Gasteiger charge is -2.29. The molecule has 0 radical (unpaired) electrons. The van der Waals surface area contributed by atoms with Gasteiger partial charge in [-0.15, -0.1) is 0 Å². The van der Waals surface area contributed by atoms with Crippen molar-refractivity contribution in [2.75, 3.05) is 7.11 Å². The molecule has 0 aromatic heterocycles. The van der Waals surface area contributed by atoms with Gasteiger partial charge in [0.1, 0.15) is 5.54 Å². The minimum absolute atomic E-state index is 0.0436. The number of rotatable bonds is 5. The highest BCUT2D eigenvalue weighted by molar-refractivity contribution is 5.98. The molecule has 0 aliphatic heterocycles. The van der Waals surface area contributed by atoms with Crippen LogP contribution in [0.2, 0.25) is 0 Å². The molecule has 2 rings (SSSR count). The van der Waals surface area contributed by atoms with Crippen LogP contribution < -0.4 is 10.1 Å². The summed E-state index contributed by atoms with van der Waals surface area (Å²) in [4.78, 5) is 34.5. The molecule has 1 aliphatic carbocycles. The van der Waals surface area contributed by atoms with Crippen LogP contribution in [-0.2, 0) is 4.79 Å². The fraction of sp³-hybridized carbons (Fsp3) is 0.500. The number of carbonyl (C=O) groups is 2. The first-order valence-electron chi connectivity index (χ1n) is 7.78. The second kappa shape index (κ2) is 7.29. The quantitative estimate of drug-likeness (QED) is 0.484. The van der Waals surface area contributed by atoms with E-state index in [4.69, 9.17) is 4.74 Å². The molecule has 1 fully saturated rings. The van der Waals surface area contributed by atoms with Crippen molar-refractivity contribution in [2.24, 2.45) is 0 Å². The van der Waals surface area contributed by atoms with Crippen LogP contribution in [0.15, 0.2) is 18.2 Å². The predicted octanol–water partition coefficient (Wildman–Crippen LogP) is 2.51. The molecular weight excluding hydrogens is 316 g/mol. The van der Waals surface area contributed by atoms with E-state index in [0.717, 1.165) is 25.7 Å². The molecule has 8 nitrogen and oxygen atoms in total. The molecule has 0 unspecified atom stereocenters. The van der Waals surface area contributed by atoms with Gasteiger partial charge in [0.15, 0.2) is 5.75 Å². The predicted molar refractivity (Wildman–Crippen MR) is 85.2 cm³/mol. The lowest BCUT2D eigenvalue weighted by molar-refractivity contribution is -0.385. The average molecular weight is 336 g/mol. The van der Waals surface area contributed by atoms with E-state index >= 15 is 0 Å². The summed E-state index contributed by atoms with van der Waals surface area (Å²) in [5.41, 5.74) is -1.42. The Kier molecular flexibility index (Phi) is 5.38. The maximum atomic E-state index is 12.5. The van der Waals surface area contributed by atoms with Crippen LogP contribution in [0.4, 0.5) is 5.69 Å². The van der Waals surface area contributed by atoms with Crippen LogP contribution >= 0.6 is 0 Å². The van der Waals surface area contributed by atoms with E-state index < -0.39 is 22.3 Å². The Hall–Kier alpha value is -2.64. The van der Waals surface area contributed by atoms with Gasteiger partial charge in [-0.25, -0.2) is 4.79 Å². The van der Waals surface area contributed by atoms with Crippen molar-refractivity contribution in [1.82, 2.24) is 5.32 Å². The number of ether oxygens (including phenoxy) is 1. The van der Waals surface area contributed by atoms with Crippen LogP contribution in [0.1, 0.15) is 48.9 Å². The van der Waals surface area contributed by atoms with Gasteiger partial charge in [-0.2, -0.15) is 0 Å². The average Bonchev–Trinajstić information content (AvgIpc) is 2.80. The number of carboxylic acid groups (broad SMARTS) is 1. The Morgan fingerprint density at radius 3 is 2.38 bits per heavy atom. The first kappa shape index (κ1) is 17.7. The number of amides is 1. The third-order valence-electron chi connectivity index (χ3n) is 4.36. The third-order valence-corrected chi connectivity index (χ3v) is 4.36. The molecule has 0 spiro atoms. The van der Waals surface area contributed by atoms with Gasteiger partial charge >= 0.3 is 11.7 Å². The summed E-state index contributed by atoms with van der Waals surface area (Å²) < 4.78 is 4.94. The Labute approximate surface area is 139 Å². The summed E-state index contributed by atoms with van der Waals surface area (Å²) in [6.45, 7) is 0. The van der Waals surface area contributed by atoms with E-state index in [1.807, 2.05) is 0 Å². The van der Waals surface area contributed by atoms with Crippen LogP contribution in [0.3, 0.4) is 0 Å². The van der Waals surface area contributed by atoms with Gasteiger partial charge in [0, 0.05) is 17.7 Å². The van der Waals surface area contributed by atoms with Gasteiger partial charge in [0.2, 0.25) is 0 Å². The molecule has 8 heteroatoms. The Morgan fingerprint density at radius 2 is 1.88 bits per heavy atom. The molecule has 1 saturated carbocycles. The number of carboxylic acids is 1. The molecular formula is C16H20N2O6. The van der Waals surface area contributed by atoms with Crippen molar-refractivity contribution in [3.05, 3.63) is 33.9 Å². The van der Waals surface area contributed by atoms with Gasteiger partial charge in [0.25, 0.3) is 5.91 Å². The molecule has 1 aromatic carbocycles. The highest BCUT2D eigenvalue weighted by atomic mass is 16.6. The summed E-state index contributed by atoms with van der Waals surface area (Å²) in [5.74, 6) is -1.67. The molecule has 1 aromatic rings. The van der Waals surface area contributed by atoms with Crippen molar-refractivity contribution in [3.63, 3.8) is 0 Å². The van der Waals surface area contributed by atoms with Crippen LogP contribution in [-0.4, -0.2) is 34.6 Å². The molecule has 0 heterocycles. The van der Waals surface area contributed by atoms with Gasteiger partial charge < -0.3 is 15.2 Å². The zero-order valence-electron chi connectivity index (χ0n) is 13.4. The molecule has 130 valence electrons. The minimum atomic E-state index is -1.29. The molecule has 0 bridgehead atoms. The Balaban J connectivity index is 2.27. The van der Waals surface area contributed by atoms with Crippen LogP contribution in [0.5, 0.6) is 5.75 Å². The summed E-state index contributed by atoms with van der Waals surface area (Å²) >= 11 is 0. The maximum absolute atomic E-state index is 12.5. The number of hydrogen-bond donors (Lipinski definition) is 2. The van der Waals surface area contributed by atoms with Crippen molar-refractivity contribution < 1.29 is 24.4 Å². The van der Waals surface area contributed by atoms with Crippen LogP contribution in [0, 0.1) is 10.1 Å². The zero-order valence-corrected chi connectivity index (χ0v) is 13.4. The Morgan fingerprint density at radius 1 is 1.25 bits per heavy atom. The zero-order chi connectivity index (χ0) is 17.7. The third kappa shape index (κ3) is 3.64. The molecule has 1 aliphatic rings. The van der Waals surface area contributed by atoms with Gasteiger partial charge in [-0.3, -0.25) is 14.9 Å². The van der Waals surface area contributed by atoms with Crippen molar-refractivity contribution in [2.45, 2.75) is 44.1 Å². The van der Waals surface area contributed by atoms with E-state index in [2.05, 4.69) is 5.32 Å². The highest BCUT2D eigenvalue weighted by Crippen LogP contribution is 2.30. The smallest absolute Gasteiger partial charge is 0.329 e. The Bertz CT molecular complexity index is 650. The molecule has 2 N–H and O–H groups in total. The number of hydrogen-bond acceptors (Lipinski definition) is 5. The van der Waals surface area contributed by atoms with Crippen molar-refractivity contribution >= 4 is 17.6 Å². The second-order valence-electron chi connectivity index (χ2n) is 5.90. The summed E-state index contributed by atoms with van der Waals surface area (Å²) in [6, 6.07) is 3.72. The van der Waals surface area contributed by atoms with E-state index in [-0.39, 0.29) is 17.0 Å². The number of nitrogens with zero attached hydrogens (tertiary/aromatic N) is 1. The largest absolute Gasteiger partial charge is 0.490 e. The molecule has 0 saturated heterocycles. The second-order valence-corrected chi connectivity index (χ2v) is 5.90. The summed E-state index contributed by atoms with van der Waals surface area (Å²) in [5, 5.41) is 23.1. The number of benzene rings is 1. The van der Waals surface area contributed by atoms with Gasteiger partial charge in [-0.1, -0.05) is 25.7 Å². The molecule has 0 atom stereocenters. The number of aliphatic carboxylic acids is 1. The highest BCUT2D eigenvalue weighted by Gasteiger charge is 2.40. The van der Waals surface area contributed by atoms with E-state index in [0.29, 0.717) is 12.8 Å². The lowest BCUT2D eigenvalue weighted by atomic mass is 9.90. The fourth-order valence-electron chi connectivity index (χ4n) is 2.98. The number of carbonyl (C=O) groups excluding carboxylic acids is 1. The van der Waals surface area contributed by atoms with Crippen molar-refractivity contribution in [3.8, 4) is 5.75 Å². The monoisotopic (exact) mass is 336 g/mol. The van der Waals surface area contributed by atoms with Crippen LogP contribution in [0.25, 0.3) is 0 Å². The topological polar surface area (TPSA) is 119 Å². The first-order valence-corrected chi connectivity index (χ1v) is 7.78. The number of nitrogens with one attached hydrogen (secondary N) is 1. The number of nitro groups is 1. The maximum Gasteiger partial charge on any atom is 0.329 e. The lowest BCUT2D eigenvalue weighted by Crippen LogP contribution is -2.54. The summed E-state index contributed by atoms with van der Waals surface area (Å²) in [7, 11) is 1.27. The van der Waals surface area contributed by atoms with E-state index in [1.165, 1.54) is 25.3 Å². The minimum Gasteiger partial charge on any atom is -0.490 e. The van der Waals surface area contributed by atoms with E-state index in [9.17, 15) is 24.8 Å². The normalized spacial score (nSPS) is 16.7. The fourth-order valence-corrected chi connectivity index (χ4v) is 2.98. The number of nitro benzene ring substituents is 1. The SMILES string of the molecule is COc1cc(C(=O)NC2(C(=O)O)CCCCCC2)ccc1[N+](=O)[O-]. The standard InChI is InChI=1S/C16H20N2O6/c1-24-13-10-11(6-7-12(13)18(22)23)14(19)17-16(15(20)21)8-4-2-3-5-9-16/h6-7,10H,2-5,8-9H2,1H3,(H,17,19)(H,20,21). The van der Waals surface area contributed by atoms with Crippen molar-refractivity contribution in [1.29, 1.82) is 0 Å². The van der Waals surface area contributed by atoms with E-state index in [1.54, 1.807) is 0 Å². The number of methoxy groups -OCH3 is 1.